The van der Waals surface area contributed by atoms with Gasteiger partial charge >= 0.3 is 0 Å². The molecule has 0 fully saturated rings. The van der Waals surface area contributed by atoms with Crippen molar-refractivity contribution in [1.29, 1.82) is 0 Å². The van der Waals surface area contributed by atoms with Gasteiger partial charge in [0.15, 0.2) is 0 Å². The van der Waals surface area contributed by atoms with Crippen molar-refractivity contribution in [1.82, 2.24) is 15.5 Å². The van der Waals surface area contributed by atoms with Crippen molar-refractivity contribution in [3.05, 3.63) is 42.5 Å². The van der Waals surface area contributed by atoms with Crippen LogP contribution in [0.15, 0.2) is 42.5 Å². The number of nitrogens with one attached hydrogen (secondary N) is 2. The highest BCUT2D eigenvalue weighted by Gasteiger charge is 2.17. The minimum absolute atomic E-state index is 0.00146. The molecular weight excluding hydrogens is 321 g/mol. The Balaban J connectivity index is 1.76. The zero-order valence-electron chi connectivity index (χ0n) is 14.0. The topological polar surface area (TPSA) is 59.2 Å². The third-order valence-corrected chi connectivity index (χ3v) is 4.43. The lowest BCUT2D eigenvalue weighted by Gasteiger charge is -2.19. The molecule has 4 rings (SSSR count). The summed E-state index contributed by atoms with van der Waals surface area (Å²) in [6.07, 6.45) is -1.11. The summed E-state index contributed by atoms with van der Waals surface area (Å²) in [5.74, 6) is 1.40. The Morgan fingerprint density at radius 1 is 1.12 bits per heavy atom. The van der Waals surface area contributed by atoms with Crippen molar-refractivity contribution in [2.24, 2.45) is 0 Å². The van der Waals surface area contributed by atoms with Gasteiger partial charge in [0.1, 0.15) is 36.6 Å². The molecule has 1 aromatic heterocycles. The number of H-pyrrole nitrogens is 1. The van der Waals surface area contributed by atoms with Crippen LogP contribution in [0.25, 0.3) is 22.2 Å². The van der Waals surface area contributed by atoms with Crippen molar-refractivity contribution in [3.63, 3.8) is 0 Å². The van der Waals surface area contributed by atoms with E-state index in [1.165, 1.54) is 0 Å². The van der Waals surface area contributed by atoms with Crippen molar-refractivity contribution < 1.29 is 13.9 Å². The first-order chi connectivity index (χ1) is 12.2. The van der Waals surface area contributed by atoms with Gasteiger partial charge in [-0.3, -0.25) is 5.10 Å². The van der Waals surface area contributed by atoms with Gasteiger partial charge in [-0.05, 0) is 37.3 Å². The van der Waals surface area contributed by atoms with Crippen LogP contribution in [-0.2, 0) is 0 Å². The first kappa shape index (κ1) is 15.9. The minimum Gasteiger partial charge on any atom is -0.492 e. The van der Waals surface area contributed by atoms with Crippen LogP contribution in [0.3, 0.4) is 0 Å². The molecule has 5 nitrogen and oxygen atoms in total. The summed E-state index contributed by atoms with van der Waals surface area (Å²) >= 11 is 0. The van der Waals surface area contributed by atoms with Crippen LogP contribution in [0.5, 0.6) is 11.5 Å². The molecule has 0 saturated carbocycles. The van der Waals surface area contributed by atoms with Crippen molar-refractivity contribution >= 4 is 10.9 Å². The highest BCUT2D eigenvalue weighted by atomic mass is 19.1. The number of aromatic amines is 1. The average molecular weight is 341 g/mol. The second kappa shape index (κ2) is 6.72. The van der Waals surface area contributed by atoms with Crippen LogP contribution in [0.1, 0.15) is 6.92 Å². The van der Waals surface area contributed by atoms with Gasteiger partial charge in [0.2, 0.25) is 0 Å². The van der Waals surface area contributed by atoms with Crippen LogP contribution in [-0.4, -0.2) is 42.2 Å². The molecule has 1 aliphatic heterocycles. The van der Waals surface area contributed by atoms with E-state index in [2.05, 4.69) is 15.5 Å². The third-order valence-electron chi connectivity index (χ3n) is 4.43. The molecule has 3 aromatic rings. The highest BCUT2D eigenvalue weighted by molar-refractivity contribution is 5.93. The Kier molecular flexibility index (Phi) is 4.28. The second-order valence-corrected chi connectivity index (χ2v) is 6.23. The largest absolute Gasteiger partial charge is 0.492 e. The number of aromatic nitrogens is 2. The summed E-state index contributed by atoms with van der Waals surface area (Å²) in [5.41, 5.74) is 2.69. The molecule has 6 heteroatoms. The lowest BCUT2D eigenvalue weighted by atomic mass is 10.1. The number of hydrogen-bond donors (Lipinski definition) is 2. The van der Waals surface area contributed by atoms with Gasteiger partial charge < -0.3 is 14.8 Å². The van der Waals surface area contributed by atoms with Crippen molar-refractivity contribution in [2.75, 3.05) is 19.8 Å². The molecule has 130 valence electrons. The van der Waals surface area contributed by atoms with Gasteiger partial charge in [-0.2, -0.15) is 5.10 Å². The fourth-order valence-electron chi connectivity index (χ4n) is 2.94. The predicted octanol–water partition coefficient (Wildman–Crippen LogP) is 3.32. The monoisotopic (exact) mass is 341 g/mol. The van der Waals surface area contributed by atoms with E-state index in [9.17, 15) is 4.39 Å². The van der Waals surface area contributed by atoms with Gasteiger partial charge in [-0.25, -0.2) is 4.39 Å². The maximum atomic E-state index is 14.3. The van der Waals surface area contributed by atoms with E-state index in [1.54, 1.807) is 0 Å². The molecule has 0 spiro atoms. The van der Waals surface area contributed by atoms with E-state index in [0.717, 1.165) is 27.9 Å². The van der Waals surface area contributed by atoms with Crippen LogP contribution >= 0.6 is 0 Å². The zero-order valence-corrected chi connectivity index (χ0v) is 14.0. The normalized spacial score (nSPS) is 21.2. The maximum Gasteiger partial charge on any atom is 0.149 e. The highest BCUT2D eigenvalue weighted by Crippen LogP contribution is 2.31. The number of halogens is 1. The fourth-order valence-corrected chi connectivity index (χ4v) is 2.94. The lowest BCUT2D eigenvalue weighted by molar-refractivity contribution is 0.159. The van der Waals surface area contributed by atoms with E-state index in [0.29, 0.717) is 18.9 Å². The quantitative estimate of drug-likeness (QED) is 0.659. The van der Waals surface area contributed by atoms with E-state index < -0.39 is 6.17 Å². The number of ether oxygens (including phenoxy) is 2. The van der Waals surface area contributed by atoms with E-state index in [4.69, 9.17) is 9.47 Å². The molecule has 2 N–H and O–H groups in total. The summed E-state index contributed by atoms with van der Waals surface area (Å²) in [5, 5.41) is 11.5. The van der Waals surface area contributed by atoms with Gasteiger partial charge in [0.05, 0.1) is 5.52 Å². The van der Waals surface area contributed by atoms with Crippen LogP contribution in [0.4, 0.5) is 4.39 Å². The molecule has 0 aliphatic carbocycles. The zero-order chi connectivity index (χ0) is 17.2. The van der Waals surface area contributed by atoms with Crippen molar-refractivity contribution in [3.8, 4) is 22.8 Å². The lowest BCUT2D eigenvalue weighted by Crippen LogP contribution is -2.40. The van der Waals surface area contributed by atoms with Crippen LogP contribution in [0.2, 0.25) is 0 Å². The Morgan fingerprint density at radius 3 is 2.92 bits per heavy atom. The molecular formula is C19H20FN3O2. The summed E-state index contributed by atoms with van der Waals surface area (Å²) in [6, 6.07) is 13.1. The Hall–Kier alpha value is -2.60. The van der Waals surface area contributed by atoms with Gasteiger partial charge in [-0.15, -0.1) is 0 Å². The number of nitrogens with zero attached hydrogens (tertiary/aromatic N) is 1. The van der Waals surface area contributed by atoms with Gasteiger partial charge in [0.25, 0.3) is 0 Å². The molecule has 0 radical (unpaired) electrons. The molecule has 2 heterocycles. The van der Waals surface area contributed by atoms with E-state index >= 15 is 0 Å². The number of benzene rings is 2. The maximum absolute atomic E-state index is 14.3. The van der Waals surface area contributed by atoms with Crippen molar-refractivity contribution in [2.45, 2.75) is 19.1 Å². The molecule has 0 amide bonds. The Labute approximate surface area is 145 Å². The standard InChI is InChI=1S/C19H20FN3O2/c1-12-17(20)11-25-15-5-6-18-16(10-15)19(23-22-18)13-3-2-4-14(9-13)24-8-7-21-12/h2-6,9-10,12,17,21H,7-8,11H2,1H3,(H,22,23)/t12-,17+/m0/s1. The number of hydrogen-bond acceptors (Lipinski definition) is 4. The first-order valence-corrected chi connectivity index (χ1v) is 8.42. The summed E-state index contributed by atoms with van der Waals surface area (Å²) in [6.45, 7) is 2.84. The molecule has 0 unspecified atom stereocenters. The number of alkyl halides is 1. The smallest absolute Gasteiger partial charge is 0.149 e. The summed E-state index contributed by atoms with van der Waals surface area (Å²) < 4.78 is 25.7. The molecule has 1 aliphatic rings. The second-order valence-electron chi connectivity index (χ2n) is 6.23. The number of fused-ring (bicyclic) bond motifs is 4. The SMILES string of the molecule is C[C@@H]1NCCOc2cccc(c2)-c2n[nH]c3ccc(cc23)OC[C@H]1F. The Morgan fingerprint density at radius 2 is 2.00 bits per heavy atom. The van der Waals surface area contributed by atoms with Gasteiger partial charge in [-0.1, -0.05) is 12.1 Å². The molecule has 0 saturated heterocycles. The van der Waals surface area contributed by atoms with E-state index in [1.807, 2.05) is 49.4 Å². The number of rotatable bonds is 0. The fraction of sp³-hybridized carbons (Fsp3) is 0.316. The summed E-state index contributed by atoms with van der Waals surface area (Å²) in [4.78, 5) is 0. The molecule has 25 heavy (non-hydrogen) atoms. The summed E-state index contributed by atoms with van der Waals surface area (Å²) in [7, 11) is 0. The van der Waals surface area contributed by atoms with Gasteiger partial charge in [0, 0.05) is 23.5 Å². The molecule has 2 atom stereocenters. The Bertz CT molecular complexity index is 880. The minimum atomic E-state index is -1.11. The predicted molar refractivity (Wildman–Crippen MR) is 94.9 cm³/mol. The first-order valence-electron chi connectivity index (χ1n) is 8.42. The third kappa shape index (κ3) is 3.30. The average Bonchev–Trinajstić information content (AvgIpc) is 3.06. The van der Waals surface area contributed by atoms with E-state index in [-0.39, 0.29) is 12.6 Å². The van der Waals surface area contributed by atoms with Crippen LogP contribution < -0.4 is 14.8 Å². The van der Waals surface area contributed by atoms with Crippen LogP contribution in [0, 0.1) is 0 Å². The molecule has 4 bridgehead atoms. The molecule has 2 aromatic carbocycles.